The fourth-order valence-electron chi connectivity index (χ4n) is 2.63. The van der Waals surface area contributed by atoms with Crippen molar-refractivity contribution in [1.29, 1.82) is 0 Å². The molecule has 7 nitrogen and oxygen atoms in total. The molecular weight excluding hydrogens is 324 g/mol. The molecule has 0 fully saturated rings. The van der Waals surface area contributed by atoms with E-state index in [0.717, 1.165) is 5.39 Å². The number of non-ortho nitro benzene ring substituents is 1. The van der Waals surface area contributed by atoms with Gasteiger partial charge in [-0.05, 0) is 30.3 Å². The average Bonchev–Trinajstić information content (AvgIpc) is 2.61. The molecule has 122 valence electrons. The van der Waals surface area contributed by atoms with Crippen LogP contribution in [-0.4, -0.2) is 9.91 Å². The largest absolute Gasteiger partial charge is 0.457 e. The van der Waals surface area contributed by atoms with E-state index >= 15 is 0 Å². The molecule has 0 saturated heterocycles. The summed E-state index contributed by atoms with van der Waals surface area (Å²) in [5, 5.41) is 12.9. The van der Waals surface area contributed by atoms with Gasteiger partial charge in [-0.1, -0.05) is 0 Å². The quantitative estimate of drug-likeness (QED) is 0.319. The summed E-state index contributed by atoms with van der Waals surface area (Å²) in [6, 6.07) is 12.7. The van der Waals surface area contributed by atoms with Gasteiger partial charge in [0.1, 0.15) is 17.1 Å². The van der Waals surface area contributed by atoms with Crippen LogP contribution in [0.5, 0.6) is 11.5 Å². The van der Waals surface area contributed by atoms with E-state index in [1.165, 1.54) is 24.4 Å². The first-order chi connectivity index (χ1) is 12.1. The van der Waals surface area contributed by atoms with E-state index in [2.05, 4.69) is 4.98 Å². The Kier molecular flexibility index (Phi) is 3.39. The number of hydrogen-bond donors (Lipinski definition) is 0. The Hall–Kier alpha value is -3.74. The molecule has 0 aliphatic heterocycles. The second-order valence-electron chi connectivity index (χ2n) is 5.32. The zero-order valence-corrected chi connectivity index (χ0v) is 12.7. The molecule has 4 aromatic rings. The smallest absolute Gasteiger partial charge is 0.336 e. The standard InChI is InChI=1S/C18H10N2O5/c21-18-6-2-11-1-3-12(9-17(11)25-18)24-16-5-4-15(20(22)23)14-10-19-8-7-13(14)16/h1-10H. The topological polar surface area (TPSA) is 95.5 Å². The SMILES string of the molecule is O=c1ccc2ccc(Oc3ccc([N+](=O)[O-])c4cnccc34)cc2o1. The average molecular weight is 334 g/mol. The summed E-state index contributed by atoms with van der Waals surface area (Å²) in [6.45, 7) is 0. The Morgan fingerprint density at radius 2 is 1.88 bits per heavy atom. The molecule has 7 heteroatoms. The van der Waals surface area contributed by atoms with Crippen LogP contribution in [0.15, 0.2) is 70.1 Å². The van der Waals surface area contributed by atoms with Gasteiger partial charge in [0.05, 0.1) is 10.3 Å². The number of aromatic nitrogens is 1. The van der Waals surface area contributed by atoms with Crippen molar-refractivity contribution in [3.8, 4) is 11.5 Å². The number of hydrogen-bond acceptors (Lipinski definition) is 6. The molecule has 0 aliphatic carbocycles. The second kappa shape index (κ2) is 5.72. The summed E-state index contributed by atoms with van der Waals surface area (Å²) >= 11 is 0. The third kappa shape index (κ3) is 2.67. The van der Waals surface area contributed by atoms with Crippen molar-refractivity contribution in [2.75, 3.05) is 0 Å². The van der Waals surface area contributed by atoms with Crippen LogP contribution in [0.2, 0.25) is 0 Å². The number of nitrogens with zero attached hydrogens (tertiary/aromatic N) is 2. The molecule has 4 rings (SSSR count). The predicted octanol–water partition coefficient (Wildman–Crippen LogP) is 4.04. The minimum atomic E-state index is -0.460. The minimum absolute atomic E-state index is 0.0417. The lowest BCUT2D eigenvalue weighted by Crippen LogP contribution is -1.95. The van der Waals surface area contributed by atoms with Crippen molar-refractivity contribution in [2.24, 2.45) is 0 Å². The Morgan fingerprint density at radius 3 is 2.72 bits per heavy atom. The highest BCUT2D eigenvalue weighted by atomic mass is 16.6. The van der Waals surface area contributed by atoms with E-state index in [-0.39, 0.29) is 5.69 Å². The van der Waals surface area contributed by atoms with Crippen LogP contribution in [0.25, 0.3) is 21.7 Å². The lowest BCUT2D eigenvalue weighted by molar-refractivity contribution is -0.383. The highest BCUT2D eigenvalue weighted by Gasteiger charge is 2.15. The van der Waals surface area contributed by atoms with Gasteiger partial charge in [0.25, 0.3) is 5.69 Å². The van der Waals surface area contributed by atoms with E-state index in [4.69, 9.17) is 9.15 Å². The van der Waals surface area contributed by atoms with E-state index in [0.29, 0.717) is 27.9 Å². The molecule has 0 N–H and O–H groups in total. The van der Waals surface area contributed by atoms with Gasteiger partial charge in [-0.3, -0.25) is 15.1 Å². The van der Waals surface area contributed by atoms with Gasteiger partial charge >= 0.3 is 5.63 Å². The first-order valence-electron chi connectivity index (χ1n) is 7.35. The third-order valence-corrected chi connectivity index (χ3v) is 3.77. The molecule has 2 heterocycles. The van der Waals surface area contributed by atoms with Crippen LogP contribution in [0.4, 0.5) is 5.69 Å². The number of nitro benzene ring substituents is 1. The fraction of sp³-hybridized carbons (Fsp3) is 0. The van der Waals surface area contributed by atoms with Crippen LogP contribution in [0, 0.1) is 10.1 Å². The highest BCUT2D eigenvalue weighted by Crippen LogP contribution is 2.35. The molecule has 0 saturated carbocycles. The zero-order chi connectivity index (χ0) is 17.4. The van der Waals surface area contributed by atoms with E-state index < -0.39 is 10.5 Å². The molecular formula is C18H10N2O5. The molecule has 2 aromatic heterocycles. The van der Waals surface area contributed by atoms with Gasteiger partial charge in [-0.25, -0.2) is 4.79 Å². The number of ether oxygens (including phenoxy) is 1. The Balaban J connectivity index is 1.82. The minimum Gasteiger partial charge on any atom is -0.457 e. The lowest BCUT2D eigenvalue weighted by atomic mass is 10.1. The molecule has 0 aliphatic rings. The normalized spacial score (nSPS) is 10.9. The van der Waals surface area contributed by atoms with Crippen molar-refractivity contribution in [3.63, 3.8) is 0 Å². The van der Waals surface area contributed by atoms with E-state index in [9.17, 15) is 14.9 Å². The van der Waals surface area contributed by atoms with Gasteiger partial charge in [0.2, 0.25) is 0 Å². The van der Waals surface area contributed by atoms with Crippen LogP contribution in [-0.2, 0) is 0 Å². The van der Waals surface area contributed by atoms with Crippen molar-refractivity contribution < 1.29 is 14.1 Å². The second-order valence-corrected chi connectivity index (χ2v) is 5.32. The maximum atomic E-state index is 11.4. The number of benzene rings is 2. The molecule has 25 heavy (non-hydrogen) atoms. The number of rotatable bonds is 3. The highest BCUT2D eigenvalue weighted by molar-refractivity contribution is 5.94. The number of fused-ring (bicyclic) bond motifs is 2. The van der Waals surface area contributed by atoms with Gasteiger partial charge in [0, 0.05) is 41.4 Å². The summed E-state index contributed by atoms with van der Waals surface area (Å²) in [7, 11) is 0. The van der Waals surface area contributed by atoms with E-state index in [1.54, 1.807) is 36.5 Å². The zero-order valence-electron chi connectivity index (χ0n) is 12.7. The van der Waals surface area contributed by atoms with Gasteiger partial charge in [0.15, 0.2) is 0 Å². The first-order valence-corrected chi connectivity index (χ1v) is 7.35. The summed E-state index contributed by atoms with van der Waals surface area (Å²) in [6.07, 6.45) is 2.97. The van der Waals surface area contributed by atoms with Crippen molar-refractivity contribution in [1.82, 2.24) is 4.98 Å². The Bertz CT molecular complexity index is 1180. The van der Waals surface area contributed by atoms with Gasteiger partial charge in [-0.2, -0.15) is 0 Å². The third-order valence-electron chi connectivity index (χ3n) is 3.77. The molecule has 0 amide bonds. The number of pyridine rings is 1. The molecule has 0 atom stereocenters. The summed E-state index contributed by atoms with van der Waals surface area (Å²) in [4.78, 5) is 26.0. The molecule has 2 aromatic carbocycles. The predicted molar refractivity (Wildman–Crippen MR) is 91.0 cm³/mol. The Morgan fingerprint density at radius 1 is 1.04 bits per heavy atom. The molecule has 0 unspecified atom stereocenters. The van der Waals surface area contributed by atoms with Crippen LogP contribution >= 0.6 is 0 Å². The molecule has 0 spiro atoms. The maximum absolute atomic E-state index is 11.4. The fourth-order valence-corrected chi connectivity index (χ4v) is 2.63. The summed E-state index contributed by atoms with van der Waals surface area (Å²) in [5.74, 6) is 0.898. The van der Waals surface area contributed by atoms with Crippen molar-refractivity contribution >= 4 is 27.4 Å². The molecule has 0 bridgehead atoms. The van der Waals surface area contributed by atoms with Crippen LogP contribution < -0.4 is 10.4 Å². The lowest BCUT2D eigenvalue weighted by Gasteiger charge is -2.09. The first kappa shape index (κ1) is 14.8. The van der Waals surface area contributed by atoms with Crippen LogP contribution in [0.3, 0.4) is 0 Å². The summed E-state index contributed by atoms with van der Waals surface area (Å²) in [5.41, 5.74) is -0.0886. The van der Waals surface area contributed by atoms with Crippen molar-refractivity contribution in [2.45, 2.75) is 0 Å². The van der Waals surface area contributed by atoms with E-state index in [1.807, 2.05) is 0 Å². The number of nitro groups is 1. The molecule has 0 radical (unpaired) electrons. The van der Waals surface area contributed by atoms with Crippen LogP contribution in [0.1, 0.15) is 0 Å². The van der Waals surface area contributed by atoms with Gasteiger partial charge < -0.3 is 9.15 Å². The maximum Gasteiger partial charge on any atom is 0.336 e. The monoisotopic (exact) mass is 334 g/mol. The summed E-state index contributed by atoms with van der Waals surface area (Å²) < 4.78 is 11.0. The van der Waals surface area contributed by atoms with Crippen molar-refractivity contribution in [3.05, 3.63) is 81.5 Å². The van der Waals surface area contributed by atoms with Gasteiger partial charge in [-0.15, -0.1) is 0 Å². The Labute approximate surface area is 140 Å².